The molecule has 1 aromatic heterocycles. The second-order valence-electron chi connectivity index (χ2n) is 5.42. The molecule has 0 bridgehead atoms. The molecule has 0 amide bonds. The van der Waals surface area contributed by atoms with Gasteiger partial charge in [-0.2, -0.15) is 0 Å². The number of nitrogens with zero attached hydrogens (tertiary/aromatic N) is 2. The van der Waals surface area contributed by atoms with Crippen molar-refractivity contribution >= 4 is 38.3 Å². The number of hydrogen-bond donors (Lipinski definition) is 1. The SMILES string of the molecule is Cc1ccc(CS(=O)(=O)Nc2nnc(SCC(C)C)s2)cc1. The van der Waals surface area contributed by atoms with Crippen LogP contribution in [0.15, 0.2) is 28.6 Å². The molecule has 0 aliphatic carbocycles. The molecular formula is C14H19N3O2S3. The van der Waals surface area contributed by atoms with E-state index in [0.717, 1.165) is 21.2 Å². The third-order valence-corrected chi connectivity index (χ3v) is 6.41. The van der Waals surface area contributed by atoms with Gasteiger partial charge in [-0.25, -0.2) is 8.42 Å². The van der Waals surface area contributed by atoms with Gasteiger partial charge in [-0.05, 0) is 18.4 Å². The van der Waals surface area contributed by atoms with Crippen LogP contribution in [0.2, 0.25) is 0 Å². The van der Waals surface area contributed by atoms with E-state index in [2.05, 4.69) is 28.8 Å². The Kier molecular flexibility index (Phi) is 5.82. The van der Waals surface area contributed by atoms with Crippen molar-refractivity contribution in [2.75, 3.05) is 10.5 Å². The normalized spacial score (nSPS) is 11.8. The van der Waals surface area contributed by atoms with Crippen LogP contribution >= 0.6 is 23.1 Å². The quantitative estimate of drug-likeness (QED) is 0.768. The fourth-order valence-electron chi connectivity index (χ4n) is 1.62. The summed E-state index contributed by atoms with van der Waals surface area (Å²) in [7, 11) is -3.47. The van der Waals surface area contributed by atoms with Crippen LogP contribution in [-0.4, -0.2) is 24.4 Å². The van der Waals surface area contributed by atoms with Crippen molar-refractivity contribution in [2.24, 2.45) is 5.92 Å². The van der Waals surface area contributed by atoms with Crippen molar-refractivity contribution in [3.05, 3.63) is 35.4 Å². The molecule has 2 aromatic rings. The van der Waals surface area contributed by atoms with Gasteiger partial charge in [0.05, 0.1) is 5.75 Å². The number of aryl methyl sites for hydroxylation is 1. The summed E-state index contributed by atoms with van der Waals surface area (Å²) in [6.07, 6.45) is 0. The molecule has 8 heteroatoms. The summed E-state index contributed by atoms with van der Waals surface area (Å²) in [6, 6.07) is 7.43. The molecule has 0 atom stereocenters. The molecule has 0 fully saturated rings. The predicted octanol–water partition coefficient (Wildman–Crippen LogP) is 3.54. The van der Waals surface area contributed by atoms with Crippen LogP contribution in [0.3, 0.4) is 0 Å². The lowest BCUT2D eigenvalue weighted by Crippen LogP contribution is -2.14. The number of thioether (sulfide) groups is 1. The second kappa shape index (κ2) is 7.43. The van der Waals surface area contributed by atoms with Crippen molar-refractivity contribution in [1.29, 1.82) is 0 Å². The molecule has 1 heterocycles. The van der Waals surface area contributed by atoms with E-state index in [1.165, 1.54) is 11.3 Å². The van der Waals surface area contributed by atoms with Gasteiger partial charge in [-0.1, -0.05) is 66.8 Å². The van der Waals surface area contributed by atoms with E-state index in [0.29, 0.717) is 11.0 Å². The summed E-state index contributed by atoms with van der Waals surface area (Å²) in [6.45, 7) is 6.21. The number of aromatic nitrogens is 2. The molecule has 5 nitrogen and oxygen atoms in total. The number of rotatable bonds is 7. The highest BCUT2D eigenvalue weighted by Gasteiger charge is 2.15. The maximum absolute atomic E-state index is 12.2. The van der Waals surface area contributed by atoms with Crippen molar-refractivity contribution in [3.63, 3.8) is 0 Å². The molecule has 0 saturated heterocycles. The molecule has 2 rings (SSSR count). The lowest BCUT2D eigenvalue weighted by Gasteiger charge is -2.05. The van der Waals surface area contributed by atoms with E-state index in [9.17, 15) is 8.42 Å². The van der Waals surface area contributed by atoms with Crippen LogP contribution < -0.4 is 4.72 Å². The molecule has 0 radical (unpaired) electrons. The van der Waals surface area contributed by atoms with Gasteiger partial charge in [-0.3, -0.25) is 4.72 Å². The van der Waals surface area contributed by atoms with Crippen LogP contribution in [-0.2, 0) is 15.8 Å². The van der Waals surface area contributed by atoms with Crippen LogP contribution in [0.25, 0.3) is 0 Å². The number of anilines is 1. The highest BCUT2D eigenvalue weighted by atomic mass is 32.2. The molecule has 0 spiro atoms. The largest absolute Gasteiger partial charge is 0.257 e. The van der Waals surface area contributed by atoms with Gasteiger partial charge in [0.2, 0.25) is 15.2 Å². The van der Waals surface area contributed by atoms with Crippen LogP contribution in [0.4, 0.5) is 5.13 Å². The summed E-state index contributed by atoms with van der Waals surface area (Å²) < 4.78 is 27.6. The first-order valence-electron chi connectivity index (χ1n) is 6.86. The first kappa shape index (κ1) is 17.2. The Balaban J connectivity index is 1.98. The lowest BCUT2D eigenvalue weighted by atomic mass is 10.2. The van der Waals surface area contributed by atoms with E-state index >= 15 is 0 Å². The van der Waals surface area contributed by atoms with Gasteiger partial charge in [-0.15, -0.1) is 10.2 Å². The average Bonchev–Trinajstić information content (AvgIpc) is 2.85. The van der Waals surface area contributed by atoms with E-state index in [1.807, 2.05) is 31.2 Å². The maximum atomic E-state index is 12.2. The first-order chi connectivity index (χ1) is 10.3. The maximum Gasteiger partial charge on any atom is 0.238 e. The highest BCUT2D eigenvalue weighted by molar-refractivity contribution is 8.01. The Hall–Kier alpha value is -1.12. The van der Waals surface area contributed by atoms with E-state index in [-0.39, 0.29) is 5.75 Å². The van der Waals surface area contributed by atoms with Crippen LogP contribution in [0, 0.1) is 12.8 Å². The molecule has 0 unspecified atom stereocenters. The minimum atomic E-state index is -3.47. The zero-order chi connectivity index (χ0) is 16.2. The van der Waals surface area contributed by atoms with Crippen molar-refractivity contribution in [3.8, 4) is 0 Å². The second-order valence-corrected chi connectivity index (χ2v) is 9.39. The van der Waals surface area contributed by atoms with Crippen LogP contribution in [0.1, 0.15) is 25.0 Å². The minimum Gasteiger partial charge on any atom is -0.257 e. The summed E-state index contributed by atoms with van der Waals surface area (Å²) in [5.41, 5.74) is 1.85. The molecule has 120 valence electrons. The predicted molar refractivity (Wildman–Crippen MR) is 92.9 cm³/mol. The Morgan fingerprint density at radius 3 is 2.55 bits per heavy atom. The Morgan fingerprint density at radius 1 is 1.23 bits per heavy atom. The Labute approximate surface area is 139 Å². The summed E-state index contributed by atoms with van der Waals surface area (Å²) in [5.74, 6) is 1.42. The number of nitrogens with one attached hydrogen (secondary N) is 1. The van der Waals surface area contributed by atoms with Crippen molar-refractivity contribution < 1.29 is 8.42 Å². The summed E-state index contributed by atoms with van der Waals surface area (Å²) in [4.78, 5) is 0. The lowest BCUT2D eigenvalue weighted by molar-refractivity contribution is 0.600. The third kappa shape index (κ3) is 5.58. The molecule has 22 heavy (non-hydrogen) atoms. The summed E-state index contributed by atoms with van der Waals surface area (Å²) in [5, 5.41) is 8.21. The first-order valence-corrected chi connectivity index (χ1v) is 10.3. The smallest absolute Gasteiger partial charge is 0.238 e. The summed E-state index contributed by atoms with van der Waals surface area (Å²) >= 11 is 2.86. The standard InChI is InChI=1S/C14H19N3O2S3/c1-10(2)8-20-14-16-15-13(21-14)17-22(18,19)9-12-6-4-11(3)5-7-12/h4-7,10H,8-9H2,1-3H3,(H,15,17). The Morgan fingerprint density at radius 2 is 1.91 bits per heavy atom. The van der Waals surface area contributed by atoms with E-state index in [4.69, 9.17) is 0 Å². The zero-order valence-electron chi connectivity index (χ0n) is 12.7. The average molecular weight is 358 g/mol. The molecule has 1 N–H and O–H groups in total. The third-order valence-electron chi connectivity index (χ3n) is 2.67. The van der Waals surface area contributed by atoms with Crippen molar-refractivity contribution in [1.82, 2.24) is 10.2 Å². The molecule has 1 aromatic carbocycles. The molecule has 0 aliphatic rings. The van der Waals surface area contributed by atoms with Gasteiger partial charge in [0.15, 0.2) is 4.34 Å². The molecular weight excluding hydrogens is 338 g/mol. The van der Waals surface area contributed by atoms with Crippen molar-refractivity contribution in [2.45, 2.75) is 30.9 Å². The van der Waals surface area contributed by atoms with Gasteiger partial charge in [0, 0.05) is 5.75 Å². The van der Waals surface area contributed by atoms with Gasteiger partial charge in [0.25, 0.3) is 0 Å². The molecule has 0 aliphatic heterocycles. The minimum absolute atomic E-state index is 0.0681. The monoisotopic (exact) mass is 357 g/mol. The van der Waals surface area contributed by atoms with Gasteiger partial charge < -0.3 is 0 Å². The molecule has 0 saturated carbocycles. The number of sulfonamides is 1. The zero-order valence-corrected chi connectivity index (χ0v) is 15.2. The van der Waals surface area contributed by atoms with Crippen LogP contribution in [0.5, 0.6) is 0 Å². The number of benzene rings is 1. The fourth-order valence-corrected chi connectivity index (χ4v) is 4.76. The van der Waals surface area contributed by atoms with E-state index in [1.54, 1.807) is 11.8 Å². The van der Waals surface area contributed by atoms with Gasteiger partial charge >= 0.3 is 0 Å². The fraction of sp³-hybridized carbons (Fsp3) is 0.429. The van der Waals surface area contributed by atoms with Gasteiger partial charge in [0.1, 0.15) is 0 Å². The topological polar surface area (TPSA) is 72.0 Å². The number of hydrogen-bond acceptors (Lipinski definition) is 6. The Bertz CT molecular complexity index is 709. The highest BCUT2D eigenvalue weighted by Crippen LogP contribution is 2.27. The van der Waals surface area contributed by atoms with E-state index < -0.39 is 10.0 Å².